The zero-order chi connectivity index (χ0) is 15.5. The maximum Gasteiger partial charge on any atom is 0.159 e. The predicted molar refractivity (Wildman–Crippen MR) is 78.4 cm³/mol. The molecule has 0 saturated heterocycles. The van der Waals surface area contributed by atoms with Gasteiger partial charge in [0.15, 0.2) is 11.6 Å². The Bertz CT molecular complexity index is 646. The molecule has 0 saturated carbocycles. The number of rotatable bonds is 5. The number of nitrogens with zero attached hydrogens (tertiary/aromatic N) is 2. The summed E-state index contributed by atoms with van der Waals surface area (Å²) in [5.41, 5.74) is 0.363. The van der Waals surface area contributed by atoms with E-state index in [1.807, 2.05) is 10.7 Å². The Morgan fingerprint density at radius 2 is 2.23 bits per heavy atom. The molecule has 0 fully saturated rings. The van der Waals surface area contributed by atoms with Crippen molar-refractivity contribution in [3.63, 3.8) is 0 Å². The fourth-order valence-electron chi connectivity index (χ4n) is 2.58. The number of anilines is 1. The van der Waals surface area contributed by atoms with E-state index in [-0.39, 0.29) is 6.54 Å². The molecule has 1 aliphatic heterocycles. The average Bonchev–Trinajstić information content (AvgIpc) is 2.97. The number of aromatic nitrogens is 2. The van der Waals surface area contributed by atoms with E-state index in [0.29, 0.717) is 18.0 Å². The second-order valence-electron chi connectivity index (χ2n) is 5.49. The first-order chi connectivity index (χ1) is 10.6. The average molecular weight is 308 g/mol. The summed E-state index contributed by atoms with van der Waals surface area (Å²) in [5.74, 6) is -0.492. The first-order valence-corrected chi connectivity index (χ1v) is 7.23. The zero-order valence-electron chi connectivity index (χ0n) is 12.0. The molecule has 3 rings (SSSR count). The van der Waals surface area contributed by atoms with Crippen molar-refractivity contribution in [3.8, 4) is 0 Å². The van der Waals surface area contributed by atoms with Crippen LogP contribution in [0.2, 0.25) is 0 Å². The van der Waals surface area contributed by atoms with E-state index in [2.05, 4.69) is 15.7 Å². The minimum Gasteiger partial charge on any atom is -0.387 e. The number of aliphatic hydroxyl groups excluding tert-OH is 1. The molecule has 5 nitrogen and oxygen atoms in total. The van der Waals surface area contributed by atoms with Crippen LogP contribution in [0, 0.1) is 17.6 Å². The van der Waals surface area contributed by atoms with Gasteiger partial charge < -0.3 is 15.7 Å². The van der Waals surface area contributed by atoms with Crippen LogP contribution in [0.1, 0.15) is 11.7 Å². The molecule has 22 heavy (non-hydrogen) atoms. The van der Waals surface area contributed by atoms with Gasteiger partial charge in [0.25, 0.3) is 0 Å². The van der Waals surface area contributed by atoms with Gasteiger partial charge in [-0.15, -0.1) is 0 Å². The Kier molecular flexibility index (Phi) is 4.35. The predicted octanol–water partition coefficient (Wildman–Crippen LogP) is 1.53. The second-order valence-corrected chi connectivity index (χ2v) is 5.49. The highest BCUT2D eigenvalue weighted by molar-refractivity contribution is 5.35. The van der Waals surface area contributed by atoms with Gasteiger partial charge in [-0.1, -0.05) is 6.07 Å². The standard InChI is InChI=1S/C15H18F2N4O/c16-12-2-1-11(5-13(12)17)14(22)8-18-6-10-7-19-15-3-4-20-21(15)9-10/h1-5,10,14,18-19,22H,6-9H2. The molecular formula is C15H18F2N4O. The second kappa shape index (κ2) is 6.41. The lowest BCUT2D eigenvalue weighted by Crippen LogP contribution is -2.36. The first-order valence-electron chi connectivity index (χ1n) is 7.23. The number of nitrogens with one attached hydrogen (secondary N) is 2. The lowest BCUT2D eigenvalue weighted by atomic mass is 10.1. The fourth-order valence-corrected chi connectivity index (χ4v) is 2.58. The van der Waals surface area contributed by atoms with E-state index in [4.69, 9.17) is 0 Å². The molecule has 7 heteroatoms. The number of benzene rings is 1. The van der Waals surface area contributed by atoms with Gasteiger partial charge in [0, 0.05) is 38.2 Å². The van der Waals surface area contributed by atoms with Gasteiger partial charge in [0.2, 0.25) is 0 Å². The highest BCUT2D eigenvalue weighted by Gasteiger charge is 2.18. The molecule has 1 aromatic carbocycles. The fraction of sp³-hybridized carbons (Fsp3) is 0.400. The SMILES string of the molecule is OC(CNCC1CNc2ccnn2C1)c1ccc(F)c(F)c1. The summed E-state index contributed by atoms with van der Waals surface area (Å²) in [7, 11) is 0. The Balaban J connectivity index is 1.48. The van der Waals surface area contributed by atoms with Gasteiger partial charge >= 0.3 is 0 Å². The highest BCUT2D eigenvalue weighted by atomic mass is 19.2. The summed E-state index contributed by atoms with van der Waals surface area (Å²) in [6, 6.07) is 5.37. The smallest absolute Gasteiger partial charge is 0.159 e. The molecule has 0 aliphatic carbocycles. The van der Waals surface area contributed by atoms with Crippen LogP contribution in [0.5, 0.6) is 0 Å². The van der Waals surface area contributed by atoms with E-state index in [1.54, 1.807) is 6.20 Å². The minimum atomic E-state index is -0.945. The quantitative estimate of drug-likeness (QED) is 0.784. The number of halogens is 2. The van der Waals surface area contributed by atoms with E-state index in [0.717, 1.165) is 31.0 Å². The molecule has 1 aliphatic rings. The summed E-state index contributed by atoms with van der Waals surface area (Å²) in [5, 5.41) is 20.7. The topological polar surface area (TPSA) is 62.1 Å². The monoisotopic (exact) mass is 308 g/mol. The minimum absolute atomic E-state index is 0.285. The summed E-state index contributed by atoms with van der Waals surface area (Å²) in [4.78, 5) is 0. The largest absolute Gasteiger partial charge is 0.387 e. The van der Waals surface area contributed by atoms with Crippen LogP contribution in [-0.2, 0) is 6.54 Å². The first kappa shape index (κ1) is 14.9. The van der Waals surface area contributed by atoms with Crippen LogP contribution in [0.4, 0.5) is 14.6 Å². The van der Waals surface area contributed by atoms with Crippen molar-refractivity contribution in [2.75, 3.05) is 25.0 Å². The molecule has 118 valence electrons. The third-order valence-corrected chi connectivity index (χ3v) is 3.82. The third kappa shape index (κ3) is 3.26. The summed E-state index contributed by atoms with van der Waals surface area (Å²) < 4.78 is 27.9. The van der Waals surface area contributed by atoms with E-state index in [1.165, 1.54) is 6.07 Å². The van der Waals surface area contributed by atoms with Crippen molar-refractivity contribution in [1.82, 2.24) is 15.1 Å². The molecule has 0 bridgehead atoms. The normalized spacial score (nSPS) is 18.6. The van der Waals surface area contributed by atoms with Crippen molar-refractivity contribution in [2.45, 2.75) is 12.6 Å². The Morgan fingerprint density at radius 3 is 3.05 bits per heavy atom. The molecule has 1 aromatic heterocycles. The molecule has 2 aromatic rings. The molecule has 0 spiro atoms. The van der Waals surface area contributed by atoms with Crippen LogP contribution >= 0.6 is 0 Å². The van der Waals surface area contributed by atoms with Gasteiger partial charge in [-0.2, -0.15) is 5.10 Å². The zero-order valence-corrected chi connectivity index (χ0v) is 12.0. The molecule has 0 amide bonds. The van der Waals surface area contributed by atoms with Gasteiger partial charge in [-0.3, -0.25) is 0 Å². The number of hydrogen-bond acceptors (Lipinski definition) is 4. The molecule has 0 radical (unpaired) electrons. The maximum absolute atomic E-state index is 13.1. The van der Waals surface area contributed by atoms with E-state index < -0.39 is 17.7 Å². The van der Waals surface area contributed by atoms with Gasteiger partial charge in [0.1, 0.15) is 5.82 Å². The molecule has 2 atom stereocenters. The number of hydrogen-bond donors (Lipinski definition) is 3. The summed E-state index contributed by atoms with van der Waals surface area (Å²) in [6.07, 6.45) is 0.886. The third-order valence-electron chi connectivity index (χ3n) is 3.82. The van der Waals surface area contributed by atoms with Crippen LogP contribution in [-0.4, -0.2) is 34.5 Å². The Hall–Kier alpha value is -1.99. The van der Waals surface area contributed by atoms with Crippen LogP contribution in [0.15, 0.2) is 30.5 Å². The molecule has 3 N–H and O–H groups in total. The Labute approximate surface area is 127 Å². The molecular weight excluding hydrogens is 290 g/mol. The molecule has 2 unspecified atom stereocenters. The molecule has 2 heterocycles. The van der Waals surface area contributed by atoms with Crippen molar-refractivity contribution in [2.24, 2.45) is 5.92 Å². The summed E-state index contributed by atoms with van der Waals surface area (Å²) in [6.45, 7) is 2.63. The van der Waals surface area contributed by atoms with Gasteiger partial charge in [0.05, 0.1) is 12.3 Å². The highest BCUT2D eigenvalue weighted by Crippen LogP contribution is 2.17. The maximum atomic E-state index is 13.1. The Morgan fingerprint density at radius 1 is 1.36 bits per heavy atom. The van der Waals surface area contributed by atoms with Crippen LogP contribution in [0.3, 0.4) is 0 Å². The van der Waals surface area contributed by atoms with Crippen LogP contribution in [0.25, 0.3) is 0 Å². The summed E-state index contributed by atoms with van der Waals surface area (Å²) >= 11 is 0. The van der Waals surface area contributed by atoms with Crippen molar-refractivity contribution in [1.29, 1.82) is 0 Å². The van der Waals surface area contributed by atoms with E-state index in [9.17, 15) is 13.9 Å². The van der Waals surface area contributed by atoms with Gasteiger partial charge in [-0.25, -0.2) is 13.5 Å². The number of fused-ring (bicyclic) bond motifs is 1. The van der Waals surface area contributed by atoms with Crippen molar-refractivity contribution < 1.29 is 13.9 Å². The van der Waals surface area contributed by atoms with Crippen molar-refractivity contribution in [3.05, 3.63) is 47.7 Å². The number of aliphatic hydroxyl groups is 1. The van der Waals surface area contributed by atoms with Crippen molar-refractivity contribution >= 4 is 5.82 Å². The van der Waals surface area contributed by atoms with E-state index >= 15 is 0 Å². The van der Waals surface area contributed by atoms with Crippen LogP contribution < -0.4 is 10.6 Å². The van der Waals surface area contributed by atoms with Gasteiger partial charge in [-0.05, 0) is 17.7 Å². The lowest BCUT2D eigenvalue weighted by Gasteiger charge is -2.25. The lowest BCUT2D eigenvalue weighted by molar-refractivity contribution is 0.171.